The van der Waals surface area contributed by atoms with Gasteiger partial charge in [-0.3, -0.25) is 4.84 Å². The third kappa shape index (κ3) is 10.6. The lowest BCUT2D eigenvalue weighted by molar-refractivity contribution is -0.144. The van der Waals surface area contributed by atoms with Crippen LogP contribution in [0.4, 0.5) is 4.79 Å². The molecule has 0 unspecified atom stereocenters. The summed E-state index contributed by atoms with van der Waals surface area (Å²) in [6, 6.07) is -0.507. The summed E-state index contributed by atoms with van der Waals surface area (Å²) >= 11 is 0. The van der Waals surface area contributed by atoms with Gasteiger partial charge in [-0.15, -0.1) is 0 Å². The fourth-order valence-electron chi connectivity index (χ4n) is 0.953. The Morgan fingerprint density at radius 2 is 2.00 bits per heavy atom. The largest absolute Gasteiger partial charge is 0.479 e. The molecule has 0 aliphatic heterocycles. The highest BCUT2D eigenvalue weighted by molar-refractivity contribution is 5.73. The topological polar surface area (TPSA) is 87.7 Å². The van der Waals surface area contributed by atoms with E-state index >= 15 is 0 Å². The summed E-state index contributed by atoms with van der Waals surface area (Å²) in [5.41, 5.74) is 1.97. The number of carboxylic acid groups (broad SMARTS) is 1. The van der Waals surface area contributed by atoms with E-state index < -0.39 is 18.6 Å². The molecule has 2 amide bonds. The summed E-state index contributed by atoms with van der Waals surface area (Å²) in [6.07, 6.45) is 4.29. The molecule has 3 N–H and O–H groups in total. The van der Waals surface area contributed by atoms with E-state index in [4.69, 9.17) is 5.11 Å². The van der Waals surface area contributed by atoms with Gasteiger partial charge in [0.1, 0.15) is 0 Å². The Labute approximate surface area is 88.9 Å². The molecule has 0 aromatic carbocycles. The summed E-state index contributed by atoms with van der Waals surface area (Å²) in [5, 5.41) is 10.8. The third-order valence-corrected chi connectivity index (χ3v) is 1.68. The standard InChI is InChI=1S/C9H18N2O4/c1-2-3-4-5-6-10-9(14)11-15-7-8(12)13/h2-7H2,1H3,(H,12,13)(H2,10,11,14). The predicted molar refractivity (Wildman–Crippen MR) is 54.3 cm³/mol. The minimum Gasteiger partial charge on any atom is -0.479 e. The molecule has 0 radical (unpaired) electrons. The van der Waals surface area contributed by atoms with Crippen LogP contribution in [0.15, 0.2) is 0 Å². The first-order valence-corrected chi connectivity index (χ1v) is 5.04. The van der Waals surface area contributed by atoms with E-state index in [1.807, 2.05) is 5.48 Å². The van der Waals surface area contributed by atoms with E-state index in [1.54, 1.807) is 0 Å². The van der Waals surface area contributed by atoms with Crippen molar-refractivity contribution in [2.45, 2.75) is 32.6 Å². The van der Waals surface area contributed by atoms with Gasteiger partial charge in [-0.05, 0) is 6.42 Å². The molecule has 15 heavy (non-hydrogen) atoms. The van der Waals surface area contributed by atoms with Gasteiger partial charge in [0.25, 0.3) is 0 Å². The molecule has 88 valence electrons. The molecule has 0 heterocycles. The number of hydrogen-bond acceptors (Lipinski definition) is 3. The van der Waals surface area contributed by atoms with Crippen LogP contribution < -0.4 is 10.8 Å². The highest BCUT2D eigenvalue weighted by Gasteiger charge is 2.01. The molecule has 0 aromatic heterocycles. The zero-order valence-electron chi connectivity index (χ0n) is 8.91. The van der Waals surface area contributed by atoms with E-state index in [-0.39, 0.29) is 0 Å². The first-order valence-electron chi connectivity index (χ1n) is 5.04. The minimum absolute atomic E-state index is 0.507. The van der Waals surface area contributed by atoms with Crippen molar-refractivity contribution in [2.24, 2.45) is 0 Å². The van der Waals surface area contributed by atoms with Crippen LogP contribution in [0, 0.1) is 0 Å². The Morgan fingerprint density at radius 1 is 1.27 bits per heavy atom. The molecular formula is C9H18N2O4. The fraction of sp³-hybridized carbons (Fsp3) is 0.778. The van der Waals surface area contributed by atoms with Gasteiger partial charge in [0.2, 0.25) is 0 Å². The Kier molecular flexibility index (Phi) is 8.46. The van der Waals surface area contributed by atoms with Crippen LogP contribution in [0.3, 0.4) is 0 Å². The summed E-state index contributed by atoms with van der Waals surface area (Å²) in [7, 11) is 0. The quantitative estimate of drug-likeness (QED) is 0.417. The van der Waals surface area contributed by atoms with Crippen LogP contribution in [0.25, 0.3) is 0 Å². The molecule has 6 heteroatoms. The van der Waals surface area contributed by atoms with Gasteiger partial charge in [-0.1, -0.05) is 26.2 Å². The molecule has 0 saturated heterocycles. The molecule has 0 bridgehead atoms. The first kappa shape index (κ1) is 13.7. The number of unbranched alkanes of at least 4 members (excludes halogenated alkanes) is 3. The van der Waals surface area contributed by atoms with E-state index in [0.717, 1.165) is 25.7 Å². The number of urea groups is 1. The van der Waals surface area contributed by atoms with Gasteiger partial charge in [-0.2, -0.15) is 0 Å². The number of hydrogen-bond donors (Lipinski definition) is 3. The van der Waals surface area contributed by atoms with Crippen LogP contribution >= 0.6 is 0 Å². The summed E-state index contributed by atoms with van der Waals surface area (Å²) in [5.74, 6) is -1.13. The highest BCUT2D eigenvalue weighted by atomic mass is 16.7. The minimum atomic E-state index is -1.13. The van der Waals surface area contributed by atoms with Crippen LogP contribution in [0.5, 0.6) is 0 Å². The Balaban J connectivity index is 3.22. The number of hydroxylamine groups is 1. The van der Waals surface area contributed by atoms with Crippen molar-refractivity contribution < 1.29 is 19.5 Å². The van der Waals surface area contributed by atoms with Crippen LogP contribution in [0.2, 0.25) is 0 Å². The lowest BCUT2D eigenvalue weighted by atomic mass is 10.2. The second-order valence-electron chi connectivity index (χ2n) is 3.10. The number of carbonyl (C=O) groups is 2. The maximum Gasteiger partial charge on any atom is 0.338 e. The van der Waals surface area contributed by atoms with Gasteiger partial charge in [-0.25, -0.2) is 15.1 Å². The molecule has 0 saturated carbocycles. The smallest absolute Gasteiger partial charge is 0.338 e. The van der Waals surface area contributed by atoms with E-state index in [9.17, 15) is 9.59 Å². The second-order valence-corrected chi connectivity index (χ2v) is 3.10. The fourth-order valence-corrected chi connectivity index (χ4v) is 0.953. The van der Waals surface area contributed by atoms with Crippen molar-refractivity contribution in [1.82, 2.24) is 10.8 Å². The number of carbonyl (C=O) groups excluding carboxylic acids is 1. The number of carboxylic acids is 1. The normalized spacial score (nSPS) is 9.67. The van der Waals surface area contributed by atoms with Crippen molar-refractivity contribution in [1.29, 1.82) is 0 Å². The van der Waals surface area contributed by atoms with Crippen molar-refractivity contribution in [3.05, 3.63) is 0 Å². The Hall–Kier alpha value is -1.30. The molecule has 0 spiro atoms. The first-order chi connectivity index (χ1) is 7.16. The van der Waals surface area contributed by atoms with Crippen molar-refractivity contribution in [3.8, 4) is 0 Å². The average molecular weight is 218 g/mol. The molecule has 0 fully saturated rings. The molecule has 0 atom stereocenters. The van der Waals surface area contributed by atoms with Gasteiger partial charge in [0.05, 0.1) is 0 Å². The maximum atomic E-state index is 10.9. The van der Waals surface area contributed by atoms with Gasteiger partial charge >= 0.3 is 12.0 Å². The zero-order valence-corrected chi connectivity index (χ0v) is 8.91. The van der Waals surface area contributed by atoms with Crippen molar-refractivity contribution >= 4 is 12.0 Å². The predicted octanol–water partition coefficient (Wildman–Crippen LogP) is 0.882. The number of aliphatic carboxylic acids is 1. The number of rotatable bonds is 8. The molecule has 0 aromatic rings. The third-order valence-electron chi connectivity index (χ3n) is 1.68. The molecule has 0 rings (SSSR count). The molecule has 6 nitrogen and oxygen atoms in total. The lowest BCUT2D eigenvalue weighted by Gasteiger charge is -2.05. The van der Waals surface area contributed by atoms with Crippen LogP contribution in [0.1, 0.15) is 32.6 Å². The molecular weight excluding hydrogens is 200 g/mol. The maximum absolute atomic E-state index is 10.9. The van der Waals surface area contributed by atoms with Crippen molar-refractivity contribution in [2.75, 3.05) is 13.2 Å². The van der Waals surface area contributed by atoms with E-state index in [1.165, 1.54) is 0 Å². The second kappa shape index (κ2) is 9.26. The van der Waals surface area contributed by atoms with E-state index in [0.29, 0.717) is 6.54 Å². The van der Waals surface area contributed by atoms with Gasteiger partial charge < -0.3 is 10.4 Å². The summed E-state index contributed by atoms with van der Waals surface area (Å²) in [6.45, 7) is 2.14. The zero-order chi connectivity index (χ0) is 11.5. The van der Waals surface area contributed by atoms with Crippen molar-refractivity contribution in [3.63, 3.8) is 0 Å². The monoisotopic (exact) mass is 218 g/mol. The molecule has 0 aliphatic rings. The van der Waals surface area contributed by atoms with E-state index in [2.05, 4.69) is 17.1 Å². The highest BCUT2D eigenvalue weighted by Crippen LogP contribution is 1.96. The Bertz CT molecular complexity index is 197. The number of amides is 2. The number of nitrogens with one attached hydrogen (secondary N) is 2. The average Bonchev–Trinajstić information content (AvgIpc) is 2.17. The van der Waals surface area contributed by atoms with Gasteiger partial charge in [0, 0.05) is 6.54 Å². The molecule has 0 aliphatic carbocycles. The van der Waals surface area contributed by atoms with Crippen LogP contribution in [-0.4, -0.2) is 30.3 Å². The Morgan fingerprint density at radius 3 is 2.60 bits per heavy atom. The van der Waals surface area contributed by atoms with Crippen LogP contribution in [-0.2, 0) is 9.63 Å². The SMILES string of the molecule is CCCCCCNC(=O)NOCC(=O)O. The summed E-state index contributed by atoms with van der Waals surface area (Å²) in [4.78, 5) is 25.3. The summed E-state index contributed by atoms with van der Waals surface area (Å²) < 4.78 is 0. The van der Waals surface area contributed by atoms with Gasteiger partial charge in [0.15, 0.2) is 6.61 Å². The lowest BCUT2D eigenvalue weighted by Crippen LogP contribution is -2.37.